The fourth-order valence-electron chi connectivity index (χ4n) is 1.49. The van der Waals surface area contributed by atoms with Gasteiger partial charge in [0.05, 0.1) is 30.4 Å². The molecule has 0 saturated carbocycles. The number of rotatable bonds is 3. The van der Waals surface area contributed by atoms with Crippen molar-refractivity contribution >= 4 is 11.9 Å². The molecule has 0 atom stereocenters. The number of halogens is 3. The van der Waals surface area contributed by atoms with Crippen LogP contribution in [-0.4, -0.2) is 25.7 Å². The molecule has 0 aromatic heterocycles. The molecular formula is C12H11F3O4. The van der Waals surface area contributed by atoms with Gasteiger partial charge in [-0.3, -0.25) is 0 Å². The Morgan fingerprint density at radius 1 is 1.21 bits per heavy atom. The van der Waals surface area contributed by atoms with Gasteiger partial charge in [0.2, 0.25) is 0 Å². The van der Waals surface area contributed by atoms with Gasteiger partial charge in [-0.1, -0.05) is 6.07 Å². The average Bonchev–Trinajstić information content (AvgIpc) is 2.36. The number of hydrogen-bond donors (Lipinski definition) is 0. The summed E-state index contributed by atoms with van der Waals surface area (Å²) in [5.41, 5.74) is -2.53. The highest BCUT2D eigenvalue weighted by Crippen LogP contribution is 2.34. The summed E-state index contributed by atoms with van der Waals surface area (Å²) in [6, 6.07) is 2.81. The lowest BCUT2D eigenvalue weighted by Crippen LogP contribution is -2.20. The van der Waals surface area contributed by atoms with Crippen molar-refractivity contribution < 1.29 is 32.2 Å². The zero-order valence-electron chi connectivity index (χ0n) is 10.2. The van der Waals surface area contributed by atoms with Gasteiger partial charge in [-0.25, -0.2) is 9.59 Å². The Labute approximate surface area is 107 Å². The smallest absolute Gasteiger partial charge is 0.417 e. The maximum Gasteiger partial charge on any atom is 0.417 e. The van der Waals surface area contributed by atoms with Gasteiger partial charge >= 0.3 is 18.1 Å². The van der Waals surface area contributed by atoms with Crippen molar-refractivity contribution in [3.05, 3.63) is 34.9 Å². The second-order valence-electron chi connectivity index (χ2n) is 3.44. The van der Waals surface area contributed by atoms with Gasteiger partial charge in [0, 0.05) is 0 Å². The lowest BCUT2D eigenvalue weighted by atomic mass is 10.0. The Hall–Kier alpha value is -2.05. The predicted molar refractivity (Wildman–Crippen MR) is 58.7 cm³/mol. The van der Waals surface area contributed by atoms with E-state index in [2.05, 4.69) is 9.47 Å². The van der Waals surface area contributed by atoms with Gasteiger partial charge in [0.25, 0.3) is 0 Å². The third-order valence-corrected chi connectivity index (χ3v) is 2.25. The normalized spacial score (nSPS) is 11.0. The summed E-state index contributed by atoms with van der Waals surface area (Å²) in [7, 11) is 1.01. The Bertz CT molecular complexity index is 494. The van der Waals surface area contributed by atoms with E-state index >= 15 is 0 Å². The zero-order chi connectivity index (χ0) is 14.6. The first-order valence-corrected chi connectivity index (χ1v) is 5.28. The Morgan fingerprint density at radius 2 is 1.84 bits per heavy atom. The number of esters is 2. The maximum atomic E-state index is 12.8. The third-order valence-electron chi connectivity index (χ3n) is 2.25. The van der Waals surface area contributed by atoms with Crippen LogP contribution < -0.4 is 0 Å². The molecule has 1 aromatic carbocycles. The lowest BCUT2D eigenvalue weighted by molar-refractivity contribution is -0.138. The number of alkyl halides is 3. The van der Waals surface area contributed by atoms with Crippen LogP contribution in [0, 0.1) is 0 Å². The quantitative estimate of drug-likeness (QED) is 0.796. The first kappa shape index (κ1) is 15.0. The summed E-state index contributed by atoms with van der Waals surface area (Å²) in [6.45, 7) is 1.34. The summed E-state index contributed by atoms with van der Waals surface area (Å²) in [4.78, 5) is 23.0. The van der Waals surface area contributed by atoms with Crippen molar-refractivity contribution in [1.29, 1.82) is 0 Å². The molecule has 0 heterocycles. The monoisotopic (exact) mass is 276 g/mol. The lowest BCUT2D eigenvalue weighted by Gasteiger charge is -2.14. The van der Waals surface area contributed by atoms with E-state index in [1.807, 2.05) is 0 Å². The van der Waals surface area contributed by atoms with Gasteiger partial charge in [-0.2, -0.15) is 13.2 Å². The molecule has 0 aliphatic carbocycles. The van der Waals surface area contributed by atoms with Crippen molar-refractivity contribution in [2.75, 3.05) is 13.7 Å². The average molecular weight is 276 g/mol. The van der Waals surface area contributed by atoms with E-state index in [1.54, 1.807) is 0 Å². The fraction of sp³-hybridized carbons (Fsp3) is 0.333. The van der Waals surface area contributed by atoms with E-state index in [0.29, 0.717) is 6.07 Å². The minimum Gasteiger partial charge on any atom is -0.465 e. The Balaban J connectivity index is 3.49. The van der Waals surface area contributed by atoms with Crippen LogP contribution in [0.2, 0.25) is 0 Å². The van der Waals surface area contributed by atoms with Gasteiger partial charge in [0.15, 0.2) is 0 Å². The van der Waals surface area contributed by atoms with Crippen molar-refractivity contribution in [1.82, 2.24) is 0 Å². The maximum absolute atomic E-state index is 12.8. The summed E-state index contributed by atoms with van der Waals surface area (Å²) in [5, 5.41) is 0. The van der Waals surface area contributed by atoms with Crippen LogP contribution in [0.5, 0.6) is 0 Å². The molecule has 104 valence electrons. The molecule has 19 heavy (non-hydrogen) atoms. The van der Waals surface area contributed by atoms with Crippen molar-refractivity contribution in [2.45, 2.75) is 13.1 Å². The molecule has 4 nitrogen and oxygen atoms in total. The number of ether oxygens (including phenoxy) is 2. The van der Waals surface area contributed by atoms with Crippen LogP contribution in [0.25, 0.3) is 0 Å². The number of methoxy groups -OCH3 is 1. The third kappa shape index (κ3) is 3.24. The highest BCUT2D eigenvalue weighted by Gasteiger charge is 2.38. The van der Waals surface area contributed by atoms with Crippen molar-refractivity contribution in [2.24, 2.45) is 0 Å². The SMILES string of the molecule is CCOC(=O)c1c(C(=O)OC)cccc1C(F)(F)F. The highest BCUT2D eigenvalue weighted by molar-refractivity contribution is 6.04. The molecule has 7 heteroatoms. The van der Waals surface area contributed by atoms with Crippen LogP contribution in [-0.2, 0) is 15.7 Å². The first-order chi connectivity index (χ1) is 8.82. The largest absolute Gasteiger partial charge is 0.465 e. The first-order valence-electron chi connectivity index (χ1n) is 5.28. The molecule has 0 spiro atoms. The van der Waals surface area contributed by atoms with Crippen LogP contribution in [0.15, 0.2) is 18.2 Å². The van der Waals surface area contributed by atoms with E-state index in [9.17, 15) is 22.8 Å². The standard InChI is InChI=1S/C12H11F3O4/c1-3-19-11(17)9-7(10(16)18-2)5-4-6-8(9)12(13,14)15/h4-6H,3H2,1-2H3. The van der Waals surface area contributed by atoms with Gasteiger partial charge < -0.3 is 9.47 Å². The van der Waals surface area contributed by atoms with E-state index in [-0.39, 0.29) is 6.61 Å². The van der Waals surface area contributed by atoms with E-state index in [4.69, 9.17) is 0 Å². The van der Waals surface area contributed by atoms with E-state index in [1.165, 1.54) is 6.92 Å². The van der Waals surface area contributed by atoms with Crippen molar-refractivity contribution in [3.63, 3.8) is 0 Å². The van der Waals surface area contributed by atoms with E-state index in [0.717, 1.165) is 19.2 Å². The van der Waals surface area contributed by atoms with Crippen LogP contribution in [0.3, 0.4) is 0 Å². The minimum absolute atomic E-state index is 0.106. The van der Waals surface area contributed by atoms with Crippen LogP contribution in [0.1, 0.15) is 33.2 Å². The molecule has 1 aromatic rings. The zero-order valence-corrected chi connectivity index (χ0v) is 10.2. The van der Waals surface area contributed by atoms with Gasteiger partial charge in [-0.15, -0.1) is 0 Å². The Kier molecular flexibility index (Phi) is 4.52. The Morgan fingerprint density at radius 3 is 2.32 bits per heavy atom. The molecule has 0 saturated heterocycles. The number of hydrogen-bond acceptors (Lipinski definition) is 4. The van der Waals surface area contributed by atoms with E-state index < -0.39 is 34.8 Å². The summed E-state index contributed by atoms with van der Waals surface area (Å²) in [6.07, 6.45) is -4.77. The predicted octanol–water partition coefficient (Wildman–Crippen LogP) is 2.67. The molecule has 0 amide bonds. The molecule has 0 unspecified atom stereocenters. The highest BCUT2D eigenvalue weighted by atomic mass is 19.4. The molecule has 0 fully saturated rings. The van der Waals surface area contributed by atoms with Crippen LogP contribution in [0.4, 0.5) is 13.2 Å². The number of benzene rings is 1. The second kappa shape index (κ2) is 5.73. The summed E-state index contributed by atoms with van der Waals surface area (Å²) in [5.74, 6) is -2.25. The fourth-order valence-corrected chi connectivity index (χ4v) is 1.49. The molecule has 0 N–H and O–H groups in total. The van der Waals surface area contributed by atoms with Gasteiger partial charge in [-0.05, 0) is 19.1 Å². The summed E-state index contributed by atoms with van der Waals surface area (Å²) < 4.78 is 47.4. The summed E-state index contributed by atoms with van der Waals surface area (Å²) >= 11 is 0. The number of carbonyl (C=O) groups excluding carboxylic acids is 2. The van der Waals surface area contributed by atoms with Gasteiger partial charge in [0.1, 0.15) is 0 Å². The topological polar surface area (TPSA) is 52.6 Å². The molecule has 1 rings (SSSR count). The molecule has 0 aliphatic heterocycles. The second-order valence-corrected chi connectivity index (χ2v) is 3.44. The number of carbonyl (C=O) groups is 2. The molecule has 0 radical (unpaired) electrons. The van der Waals surface area contributed by atoms with Crippen LogP contribution >= 0.6 is 0 Å². The van der Waals surface area contributed by atoms with Crippen molar-refractivity contribution in [3.8, 4) is 0 Å². The minimum atomic E-state index is -4.77. The molecular weight excluding hydrogens is 265 g/mol. The molecule has 0 bridgehead atoms. The molecule has 0 aliphatic rings.